The number of carbonyl (C=O) groups is 2. The smallest absolute Gasteiger partial charge is 0.392 e. The van der Waals surface area contributed by atoms with E-state index in [0.717, 1.165) is 11.8 Å². The number of carboxylic acids is 1. The molecule has 3 aromatic rings. The number of nitro groups is 1. The summed E-state index contributed by atoms with van der Waals surface area (Å²) in [7, 11) is 3.26. The molecule has 0 saturated carbocycles. The van der Waals surface area contributed by atoms with Crippen LogP contribution in [-0.4, -0.2) is 79.7 Å². The maximum absolute atomic E-state index is 12.4. The normalized spacial score (nSPS) is 11.6. The molecule has 39 heavy (non-hydrogen) atoms. The molecule has 0 aliphatic rings. The zero-order valence-electron chi connectivity index (χ0n) is 21.6. The first-order valence-corrected chi connectivity index (χ1v) is 13.1. The number of hydrogen-bond acceptors (Lipinski definition) is 11. The number of hydrogen-bond donors (Lipinski definition) is 3. The molecule has 0 aliphatic heterocycles. The Kier molecular flexibility index (Phi) is 10.2. The Morgan fingerprint density at radius 3 is 2.56 bits per heavy atom. The van der Waals surface area contributed by atoms with Gasteiger partial charge in [-0.2, -0.15) is 9.97 Å². The molecular weight excluding hydrogens is 530 g/mol. The van der Waals surface area contributed by atoms with Gasteiger partial charge in [0.2, 0.25) is 5.91 Å². The number of likely N-dealkylation sites (N-methyl/N-ethyl adjacent to an activating group) is 1. The Hall–Kier alpha value is -4.24. The molecule has 1 unspecified atom stereocenters. The summed E-state index contributed by atoms with van der Waals surface area (Å²) in [4.78, 5) is 52.3. The molecule has 2 aromatic heterocycles. The van der Waals surface area contributed by atoms with Crippen molar-refractivity contribution in [1.82, 2.24) is 24.8 Å². The van der Waals surface area contributed by atoms with E-state index in [1.54, 1.807) is 50.9 Å². The van der Waals surface area contributed by atoms with Crippen LogP contribution < -0.4 is 15.2 Å². The number of aliphatic carboxylic acids is 1. The quantitative estimate of drug-likeness (QED) is 0.0858. The minimum absolute atomic E-state index is 0.0390. The van der Waals surface area contributed by atoms with Crippen LogP contribution in [0.4, 0.5) is 5.69 Å². The molecule has 0 fully saturated rings. The van der Waals surface area contributed by atoms with Gasteiger partial charge >= 0.3 is 23.4 Å². The minimum atomic E-state index is -1.39. The molecule has 2 heterocycles. The SMILES string of the molecule is CSc1nc(Oc2cc(CC(=O)N(C)C)cc(-c3ncc[nH]3)c2)c([N+](=O)[O-])c(OC(CCCCN)C(=O)O)n1. The molecule has 1 amide bonds. The van der Waals surface area contributed by atoms with Gasteiger partial charge in [0.05, 0.1) is 11.3 Å². The van der Waals surface area contributed by atoms with Crippen LogP contribution in [0, 0.1) is 10.1 Å². The van der Waals surface area contributed by atoms with E-state index in [1.165, 1.54) is 4.90 Å². The number of nitrogens with zero attached hydrogens (tertiary/aromatic N) is 5. The lowest BCUT2D eigenvalue weighted by molar-refractivity contribution is -0.387. The summed E-state index contributed by atoms with van der Waals surface area (Å²) in [5.74, 6) is -1.80. The van der Waals surface area contributed by atoms with Crippen LogP contribution in [0.1, 0.15) is 24.8 Å². The van der Waals surface area contributed by atoms with E-state index in [-0.39, 0.29) is 29.7 Å². The molecule has 3 rings (SSSR count). The number of amides is 1. The van der Waals surface area contributed by atoms with Crippen molar-refractivity contribution in [3.63, 3.8) is 0 Å². The standard InChI is InChI=1S/C24H29N7O7S/c1-30(2)18(32)12-14-10-15(20-26-8-9-27-20)13-16(11-14)37-21-19(31(35)36)22(29-24(28-21)39-3)38-17(23(33)34)6-4-5-7-25/h8-11,13,17H,4-7,12,25H2,1-3H3,(H,26,27)(H,33,34). The summed E-state index contributed by atoms with van der Waals surface area (Å²) >= 11 is 1.07. The zero-order valence-corrected chi connectivity index (χ0v) is 22.4. The minimum Gasteiger partial charge on any atom is -0.479 e. The summed E-state index contributed by atoms with van der Waals surface area (Å²) in [6.45, 7) is 0.369. The van der Waals surface area contributed by atoms with Crippen molar-refractivity contribution < 1.29 is 29.1 Å². The average Bonchev–Trinajstić information content (AvgIpc) is 3.42. The zero-order chi connectivity index (χ0) is 28.5. The highest BCUT2D eigenvalue weighted by atomic mass is 32.2. The molecule has 15 heteroatoms. The number of nitrogens with one attached hydrogen (secondary N) is 1. The Morgan fingerprint density at radius 1 is 1.23 bits per heavy atom. The maximum atomic E-state index is 12.4. The molecule has 1 atom stereocenters. The number of ether oxygens (including phenoxy) is 2. The van der Waals surface area contributed by atoms with Crippen molar-refractivity contribution >= 4 is 29.3 Å². The van der Waals surface area contributed by atoms with Crippen LogP contribution in [0.3, 0.4) is 0 Å². The first-order valence-electron chi connectivity index (χ1n) is 11.8. The average molecular weight is 560 g/mol. The second-order valence-corrected chi connectivity index (χ2v) is 9.30. The number of rotatable bonds is 14. The van der Waals surface area contributed by atoms with Crippen LogP contribution >= 0.6 is 11.8 Å². The van der Waals surface area contributed by atoms with Crippen molar-refractivity contribution in [2.75, 3.05) is 26.9 Å². The number of carboxylic acid groups (broad SMARTS) is 1. The lowest BCUT2D eigenvalue weighted by Gasteiger charge is -2.16. The summed E-state index contributed by atoms with van der Waals surface area (Å²) in [5.41, 5.74) is 5.90. The van der Waals surface area contributed by atoms with Crippen LogP contribution in [0.2, 0.25) is 0 Å². The highest BCUT2D eigenvalue weighted by Gasteiger charge is 2.32. The van der Waals surface area contributed by atoms with Gasteiger partial charge in [-0.1, -0.05) is 11.8 Å². The van der Waals surface area contributed by atoms with E-state index < -0.39 is 34.4 Å². The number of H-pyrrole nitrogens is 1. The number of carbonyl (C=O) groups excluding carboxylic acids is 1. The van der Waals surface area contributed by atoms with Gasteiger partial charge in [-0.25, -0.2) is 9.78 Å². The third-order valence-corrected chi connectivity index (χ3v) is 5.97. The first kappa shape index (κ1) is 29.3. The van der Waals surface area contributed by atoms with Crippen LogP contribution in [0.15, 0.2) is 35.7 Å². The van der Waals surface area contributed by atoms with Crippen LogP contribution in [0.5, 0.6) is 17.5 Å². The van der Waals surface area contributed by atoms with Crippen molar-refractivity contribution in [2.24, 2.45) is 5.73 Å². The summed E-state index contributed by atoms with van der Waals surface area (Å²) < 4.78 is 11.4. The molecular formula is C24H29N7O7S. The number of aromatic nitrogens is 4. The van der Waals surface area contributed by atoms with Crippen molar-refractivity contribution in [3.8, 4) is 28.9 Å². The van der Waals surface area contributed by atoms with Crippen molar-refractivity contribution in [2.45, 2.75) is 36.9 Å². The molecule has 14 nitrogen and oxygen atoms in total. The Labute approximate surface area is 228 Å². The third kappa shape index (κ3) is 7.87. The topological polar surface area (TPSA) is 200 Å². The van der Waals surface area contributed by atoms with Gasteiger partial charge in [0, 0.05) is 32.1 Å². The van der Waals surface area contributed by atoms with Crippen molar-refractivity contribution in [3.05, 3.63) is 46.3 Å². The molecule has 0 saturated heterocycles. The summed E-state index contributed by atoms with van der Waals surface area (Å²) in [6.07, 6.45) is 4.57. The van der Waals surface area contributed by atoms with Gasteiger partial charge in [0.1, 0.15) is 11.6 Å². The van der Waals surface area contributed by atoms with E-state index >= 15 is 0 Å². The van der Waals surface area contributed by atoms with E-state index in [2.05, 4.69) is 19.9 Å². The second kappa shape index (κ2) is 13.5. The fourth-order valence-electron chi connectivity index (χ4n) is 3.46. The van der Waals surface area contributed by atoms with Gasteiger partial charge in [0.25, 0.3) is 0 Å². The fourth-order valence-corrected chi connectivity index (χ4v) is 3.81. The van der Waals surface area contributed by atoms with E-state index in [0.29, 0.717) is 36.3 Å². The van der Waals surface area contributed by atoms with Gasteiger partial charge in [-0.3, -0.25) is 14.9 Å². The summed E-state index contributed by atoms with van der Waals surface area (Å²) in [6, 6.07) is 4.90. The fraction of sp³-hybridized carbons (Fsp3) is 0.375. The largest absolute Gasteiger partial charge is 0.479 e. The van der Waals surface area contributed by atoms with Gasteiger partial charge in [-0.05, 0) is 55.8 Å². The van der Waals surface area contributed by atoms with E-state index in [4.69, 9.17) is 15.2 Å². The molecule has 0 bridgehead atoms. The highest BCUT2D eigenvalue weighted by molar-refractivity contribution is 7.98. The molecule has 1 aromatic carbocycles. The molecule has 4 N–H and O–H groups in total. The molecule has 208 valence electrons. The number of nitrogens with two attached hydrogens (primary N) is 1. The maximum Gasteiger partial charge on any atom is 0.392 e. The van der Waals surface area contributed by atoms with Gasteiger partial charge in [0.15, 0.2) is 11.3 Å². The molecule has 0 spiro atoms. The Bertz CT molecular complexity index is 1320. The van der Waals surface area contributed by atoms with Gasteiger partial charge in [-0.15, -0.1) is 0 Å². The lowest BCUT2D eigenvalue weighted by atomic mass is 10.1. The number of thioether (sulfide) groups is 1. The number of benzene rings is 1. The highest BCUT2D eigenvalue weighted by Crippen LogP contribution is 2.39. The first-order chi connectivity index (χ1) is 18.6. The van der Waals surface area contributed by atoms with Crippen LogP contribution in [-0.2, 0) is 16.0 Å². The number of imidazole rings is 1. The Balaban J connectivity index is 2.06. The van der Waals surface area contributed by atoms with E-state index in [9.17, 15) is 24.8 Å². The third-order valence-electron chi connectivity index (χ3n) is 5.42. The Morgan fingerprint density at radius 2 is 1.97 bits per heavy atom. The van der Waals surface area contributed by atoms with Crippen molar-refractivity contribution in [1.29, 1.82) is 0 Å². The number of unbranched alkanes of at least 4 members (excludes halogenated alkanes) is 1. The van der Waals surface area contributed by atoms with E-state index in [1.807, 2.05) is 0 Å². The lowest BCUT2D eigenvalue weighted by Crippen LogP contribution is -2.28. The number of aromatic amines is 1. The molecule has 0 aliphatic carbocycles. The summed E-state index contributed by atoms with van der Waals surface area (Å²) in [5, 5.41) is 21.8. The predicted octanol–water partition coefficient (Wildman–Crippen LogP) is 2.88. The monoisotopic (exact) mass is 559 g/mol. The predicted molar refractivity (Wildman–Crippen MR) is 142 cm³/mol. The molecule has 0 radical (unpaired) electrons. The van der Waals surface area contributed by atoms with Crippen LogP contribution in [0.25, 0.3) is 11.4 Å². The second-order valence-electron chi connectivity index (χ2n) is 8.53. The van der Waals surface area contributed by atoms with Gasteiger partial charge < -0.3 is 30.2 Å².